The quantitative estimate of drug-likeness (QED) is 0.772. The lowest BCUT2D eigenvalue weighted by atomic mass is 9.87. The number of hydrogen-bond donors (Lipinski definition) is 1. The van der Waals surface area contributed by atoms with Gasteiger partial charge < -0.3 is 5.32 Å². The fourth-order valence-corrected chi connectivity index (χ4v) is 2.01. The summed E-state index contributed by atoms with van der Waals surface area (Å²) in [5.41, 5.74) is 0. The van der Waals surface area contributed by atoms with E-state index in [1.807, 2.05) is 0 Å². The zero-order chi connectivity index (χ0) is 13.1. The summed E-state index contributed by atoms with van der Waals surface area (Å²) >= 11 is 0. The molecule has 1 N–H and O–H groups in total. The zero-order valence-corrected chi connectivity index (χ0v) is 9.88. The molecular weight excluding hydrogens is 237 g/mol. The number of hydrogen-bond acceptors (Lipinski definition) is 3. The van der Waals surface area contributed by atoms with Gasteiger partial charge in [-0.3, -0.25) is 9.63 Å². The summed E-state index contributed by atoms with van der Waals surface area (Å²) in [5, 5.41) is 3.40. The summed E-state index contributed by atoms with van der Waals surface area (Å²) < 4.78 is 38.1. The molecule has 0 aromatic rings. The van der Waals surface area contributed by atoms with Crippen molar-refractivity contribution in [3.05, 3.63) is 0 Å². The van der Waals surface area contributed by atoms with Crippen LogP contribution in [0, 0.1) is 5.92 Å². The molecule has 7 heteroatoms. The first-order chi connectivity index (χ1) is 7.86. The third kappa shape index (κ3) is 3.85. The zero-order valence-electron chi connectivity index (χ0n) is 9.88. The highest BCUT2D eigenvalue weighted by Crippen LogP contribution is 2.32. The van der Waals surface area contributed by atoms with Gasteiger partial charge in [0.05, 0.1) is 7.11 Å². The molecule has 17 heavy (non-hydrogen) atoms. The summed E-state index contributed by atoms with van der Waals surface area (Å²) in [7, 11) is 2.69. The second kappa shape index (κ2) is 5.68. The predicted molar refractivity (Wildman–Crippen MR) is 55.0 cm³/mol. The molecule has 0 aromatic heterocycles. The lowest BCUT2D eigenvalue weighted by Crippen LogP contribution is -2.52. The Labute approximate surface area is 98.1 Å². The van der Waals surface area contributed by atoms with E-state index in [4.69, 9.17) is 0 Å². The SMILES string of the molecule is CON(C)C(=O)CC1CCCNC1C(F)(F)F. The highest BCUT2D eigenvalue weighted by molar-refractivity contribution is 5.75. The molecule has 1 aliphatic heterocycles. The van der Waals surface area contributed by atoms with Crippen molar-refractivity contribution < 1.29 is 22.8 Å². The van der Waals surface area contributed by atoms with Gasteiger partial charge in [-0.1, -0.05) is 0 Å². The van der Waals surface area contributed by atoms with Crippen LogP contribution in [0.1, 0.15) is 19.3 Å². The first-order valence-corrected chi connectivity index (χ1v) is 5.47. The minimum atomic E-state index is -4.31. The van der Waals surface area contributed by atoms with E-state index in [-0.39, 0.29) is 6.42 Å². The van der Waals surface area contributed by atoms with Crippen LogP contribution < -0.4 is 5.32 Å². The van der Waals surface area contributed by atoms with Gasteiger partial charge in [-0.05, 0) is 25.3 Å². The summed E-state index contributed by atoms with van der Waals surface area (Å²) in [5.74, 6) is -1.15. The van der Waals surface area contributed by atoms with Gasteiger partial charge in [-0.15, -0.1) is 0 Å². The van der Waals surface area contributed by atoms with Crippen molar-refractivity contribution in [1.82, 2.24) is 10.4 Å². The Balaban J connectivity index is 2.63. The van der Waals surface area contributed by atoms with Gasteiger partial charge in [0.25, 0.3) is 0 Å². The number of halogens is 3. The molecule has 2 unspecified atom stereocenters. The van der Waals surface area contributed by atoms with Gasteiger partial charge in [0.15, 0.2) is 0 Å². The van der Waals surface area contributed by atoms with Crippen LogP contribution in [0.15, 0.2) is 0 Å². The summed E-state index contributed by atoms with van der Waals surface area (Å²) in [4.78, 5) is 16.2. The third-order valence-electron chi connectivity index (χ3n) is 3.00. The van der Waals surface area contributed by atoms with Gasteiger partial charge in [0, 0.05) is 13.5 Å². The van der Waals surface area contributed by atoms with Crippen molar-refractivity contribution in [3.63, 3.8) is 0 Å². The van der Waals surface area contributed by atoms with Crippen LogP contribution in [0.25, 0.3) is 0 Å². The molecule has 1 aliphatic rings. The van der Waals surface area contributed by atoms with Gasteiger partial charge in [0.1, 0.15) is 6.04 Å². The third-order valence-corrected chi connectivity index (χ3v) is 3.00. The van der Waals surface area contributed by atoms with Crippen molar-refractivity contribution in [2.24, 2.45) is 5.92 Å². The first kappa shape index (κ1) is 14.2. The average Bonchev–Trinajstić information content (AvgIpc) is 2.27. The molecule has 0 spiro atoms. The highest BCUT2D eigenvalue weighted by Gasteiger charge is 2.46. The summed E-state index contributed by atoms with van der Waals surface area (Å²) in [6, 6.07) is -1.59. The Morgan fingerprint density at radius 1 is 1.53 bits per heavy atom. The number of amides is 1. The van der Waals surface area contributed by atoms with E-state index in [2.05, 4.69) is 10.2 Å². The lowest BCUT2D eigenvalue weighted by Gasteiger charge is -2.34. The molecule has 1 saturated heterocycles. The number of carbonyl (C=O) groups is 1. The van der Waals surface area contributed by atoms with Gasteiger partial charge in [-0.2, -0.15) is 13.2 Å². The molecule has 1 amide bonds. The molecule has 100 valence electrons. The molecule has 1 rings (SSSR count). The Bertz CT molecular complexity index is 271. The van der Waals surface area contributed by atoms with Crippen LogP contribution in [0.3, 0.4) is 0 Å². The van der Waals surface area contributed by atoms with Gasteiger partial charge in [-0.25, -0.2) is 5.06 Å². The fraction of sp³-hybridized carbons (Fsp3) is 0.900. The van der Waals surface area contributed by atoms with Crippen molar-refractivity contribution in [1.29, 1.82) is 0 Å². The van der Waals surface area contributed by atoms with Crippen molar-refractivity contribution in [2.75, 3.05) is 20.7 Å². The largest absolute Gasteiger partial charge is 0.404 e. The van der Waals surface area contributed by atoms with E-state index >= 15 is 0 Å². The van der Waals surface area contributed by atoms with Crippen molar-refractivity contribution in [3.8, 4) is 0 Å². The smallest absolute Gasteiger partial charge is 0.306 e. The van der Waals surface area contributed by atoms with E-state index < -0.39 is 24.0 Å². The number of piperidine rings is 1. The number of rotatable bonds is 3. The number of carbonyl (C=O) groups excluding carboxylic acids is 1. The van der Waals surface area contributed by atoms with E-state index in [0.29, 0.717) is 19.4 Å². The van der Waals surface area contributed by atoms with E-state index in [9.17, 15) is 18.0 Å². The van der Waals surface area contributed by atoms with Crippen molar-refractivity contribution in [2.45, 2.75) is 31.5 Å². The van der Waals surface area contributed by atoms with E-state index in [1.54, 1.807) is 0 Å². The van der Waals surface area contributed by atoms with Gasteiger partial charge in [0.2, 0.25) is 5.91 Å². The maximum absolute atomic E-state index is 12.7. The van der Waals surface area contributed by atoms with Crippen LogP contribution in [0.5, 0.6) is 0 Å². The fourth-order valence-electron chi connectivity index (χ4n) is 2.01. The van der Waals surface area contributed by atoms with Crippen LogP contribution in [0.4, 0.5) is 13.2 Å². The molecule has 2 atom stereocenters. The van der Waals surface area contributed by atoms with Gasteiger partial charge >= 0.3 is 6.18 Å². The molecule has 4 nitrogen and oxygen atoms in total. The number of hydroxylamine groups is 2. The Hall–Kier alpha value is -0.820. The maximum atomic E-state index is 12.7. The molecule has 0 aromatic carbocycles. The summed E-state index contributed by atoms with van der Waals surface area (Å²) in [6.07, 6.45) is -3.40. The van der Waals surface area contributed by atoms with E-state index in [1.165, 1.54) is 14.2 Å². The number of alkyl halides is 3. The topological polar surface area (TPSA) is 41.6 Å². The first-order valence-electron chi connectivity index (χ1n) is 5.47. The molecule has 0 saturated carbocycles. The Kier molecular flexibility index (Phi) is 4.76. The molecule has 0 aliphatic carbocycles. The predicted octanol–water partition coefficient (Wildman–Crippen LogP) is 1.33. The van der Waals surface area contributed by atoms with Crippen molar-refractivity contribution >= 4 is 5.91 Å². The number of nitrogens with zero attached hydrogens (tertiary/aromatic N) is 1. The molecule has 0 bridgehead atoms. The Morgan fingerprint density at radius 3 is 2.71 bits per heavy atom. The minimum absolute atomic E-state index is 0.151. The van der Waals surface area contributed by atoms with Crippen LogP contribution in [0.2, 0.25) is 0 Å². The Morgan fingerprint density at radius 2 is 2.18 bits per heavy atom. The monoisotopic (exact) mass is 254 g/mol. The maximum Gasteiger partial charge on any atom is 0.404 e. The summed E-state index contributed by atoms with van der Waals surface area (Å²) in [6.45, 7) is 0.342. The number of nitrogens with one attached hydrogen (secondary N) is 1. The lowest BCUT2D eigenvalue weighted by molar-refractivity contribution is -0.182. The van der Waals surface area contributed by atoms with Crippen LogP contribution >= 0.6 is 0 Å². The molecular formula is C10H17F3N2O2. The molecule has 1 heterocycles. The van der Waals surface area contributed by atoms with Crippen LogP contribution in [-0.2, 0) is 9.63 Å². The minimum Gasteiger partial charge on any atom is -0.306 e. The molecule has 1 fully saturated rings. The molecule has 0 radical (unpaired) electrons. The van der Waals surface area contributed by atoms with Crippen LogP contribution in [-0.4, -0.2) is 43.9 Å². The van der Waals surface area contributed by atoms with E-state index in [0.717, 1.165) is 5.06 Å². The second-order valence-electron chi connectivity index (χ2n) is 4.15. The standard InChI is InChI=1S/C10H17F3N2O2/c1-15(17-2)8(16)6-7-4-3-5-14-9(7)10(11,12)13/h7,9,14H,3-6H2,1-2H3. The normalized spacial score (nSPS) is 25.7. The average molecular weight is 254 g/mol. The second-order valence-corrected chi connectivity index (χ2v) is 4.15. The highest BCUT2D eigenvalue weighted by atomic mass is 19.4.